The average Bonchev–Trinajstić information content (AvgIpc) is 3.34. The molecule has 0 amide bonds. The predicted molar refractivity (Wildman–Crippen MR) is 127 cm³/mol. The number of benzene rings is 2. The van der Waals surface area contributed by atoms with Gasteiger partial charge < -0.3 is 28.6 Å². The Kier molecular flexibility index (Phi) is 9.69. The molecule has 0 saturated heterocycles. The van der Waals surface area contributed by atoms with Crippen molar-refractivity contribution in [3.8, 4) is 28.6 Å². The molecule has 1 atom stereocenters. The highest BCUT2D eigenvalue weighted by Crippen LogP contribution is 2.40. The van der Waals surface area contributed by atoms with Crippen LogP contribution in [0, 0.1) is 0 Å². The minimum absolute atomic E-state index is 0.299. The molecule has 0 spiro atoms. The highest BCUT2D eigenvalue weighted by atomic mass is 16.5. The van der Waals surface area contributed by atoms with Gasteiger partial charge in [0.1, 0.15) is 0 Å². The summed E-state index contributed by atoms with van der Waals surface area (Å²) >= 11 is 0. The van der Waals surface area contributed by atoms with Crippen LogP contribution in [-0.2, 0) is 17.7 Å². The zero-order chi connectivity index (χ0) is 24.3. The lowest BCUT2D eigenvalue weighted by molar-refractivity contribution is 0.0194. The molecule has 34 heavy (non-hydrogen) atoms. The van der Waals surface area contributed by atoms with Crippen LogP contribution in [0.4, 0.5) is 0 Å². The molecule has 1 aromatic heterocycles. The Morgan fingerprint density at radius 3 is 2.35 bits per heavy atom. The Bertz CT molecular complexity index is 986. The van der Waals surface area contributed by atoms with Crippen LogP contribution in [0.25, 0.3) is 11.4 Å². The second kappa shape index (κ2) is 12.9. The molecular formula is C25H33N3O6. The fourth-order valence-corrected chi connectivity index (χ4v) is 3.62. The first kappa shape index (κ1) is 25.5. The van der Waals surface area contributed by atoms with Crippen LogP contribution in [0.2, 0.25) is 0 Å². The number of nitrogens with zero attached hydrogens (tertiary/aromatic N) is 3. The minimum atomic E-state index is -0.582. The molecule has 3 rings (SSSR count). The summed E-state index contributed by atoms with van der Waals surface area (Å²) in [6, 6.07) is 13.7. The van der Waals surface area contributed by atoms with E-state index in [0.717, 1.165) is 5.56 Å². The molecule has 0 saturated carbocycles. The van der Waals surface area contributed by atoms with Gasteiger partial charge in [-0.2, -0.15) is 4.98 Å². The number of hydrogen-bond acceptors (Lipinski definition) is 9. The molecule has 9 nitrogen and oxygen atoms in total. The quantitative estimate of drug-likeness (QED) is 0.380. The molecule has 0 aliphatic rings. The second-order valence-corrected chi connectivity index (χ2v) is 7.71. The number of aliphatic hydroxyl groups excluding tert-OH is 1. The Hall–Kier alpha value is -3.14. The molecule has 1 N–H and O–H groups in total. The largest absolute Gasteiger partial charge is 0.493 e. The Labute approximate surface area is 200 Å². The lowest BCUT2D eigenvalue weighted by Crippen LogP contribution is -2.36. The topological polar surface area (TPSA) is 99.3 Å². The van der Waals surface area contributed by atoms with E-state index in [9.17, 15) is 5.11 Å². The van der Waals surface area contributed by atoms with Crippen molar-refractivity contribution < 1.29 is 28.6 Å². The minimum Gasteiger partial charge on any atom is -0.493 e. The summed E-state index contributed by atoms with van der Waals surface area (Å²) in [6.07, 6.45) is -0.0489. The first-order valence-corrected chi connectivity index (χ1v) is 11.2. The first-order chi connectivity index (χ1) is 16.6. The summed E-state index contributed by atoms with van der Waals surface area (Å²) in [6.45, 7) is 4.58. The van der Waals surface area contributed by atoms with Gasteiger partial charge in [-0.1, -0.05) is 35.5 Å². The normalized spacial score (nSPS) is 12.1. The third-order valence-electron chi connectivity index (χ3n) is 5.27. The molecule has 9 heteroatoms. The summed E-state index contributed by atoms with van der Waals surface area (Å²) in [5, 5.41) is 14.5. The monoisotopic (exact) mass is 471 g/mol. The van der Waals surface area contributed by atoms with Crippen LogP contribution in [0.15, 0.2) is 47.0 Å². The standard InChI is InChI=1S/C25H33N3O6/c1-5-33-17-20(29)16-28(15-18-9-7-6-8-10-18)12-11-23-26-25(27-34-23)19-13-21(30-2)24(32-4)22(14-19)31-3/h6-10,13-14,20,29H,5,11-12,15-17H2,1-4H3/t20-/m1/s1. The maximum Gasteiger partial charge on any atom is 0.228 e. The average molecular weight is 472 g/mol. The van der Waals surface area contributed by atoms with E-state index in [1.54, 1.807) is 33.5 Å². The van der Waals surface area contributed by atoms with Gasteiger partial charge in [0, 0.05) is 38.2 Å². The van der Waals surface area contributed by atoms with Crippen molar-refractivity contribution in [2.75, 3.05) is 47.6 Å². The third kappa shape index (κ3) is 6.93. The van der Waals surface area contributed by atoms with E-state index >= 15 is 0 Å². The van der Waals surface area contributed by atoms with Gasteiger partial charge in [-0.05, 0) is 24.6 Å². The predicted octanol–water partition coefficient (Wildman–Crippen LogP) is 3.20. The maximum atomic E-state index is 10.4. The van der Waals surface area contributed by atoms with Gasteiger partial charge in [-0.15, -0.1) is 0 Å². The van der Waals surface area contributed by atoms with Gasteiger partial charge in [0.05, 0.1) is 34.0 Å². The van der Waals surface area contributed by atoms with E-state index in [1.807, 2.05) is 25.1 Å². The van der Waals surface area contributed by atoms with Crippen molar-refractivity contribution in [3.63, 3.8) is 0 Å². The zero-order valence-corrected chi connectivity index (χ0v) is 20.2. The molecule has 0 unspecified atom stereocenters. The van der Waals surface area contributed by atoms with Crippen LogP contribution in [0.5, 0.6) is 17.2 Å². The molecular weight excluding hydrogens is 438 g/mol. The van der Waals surface area contributed by atoms with E-state index in [1.165, 1.54) is 0 Å². The van der Waals surface area contributed by atoms with Gasteiger partial charge in [0.2, 0.25) is 17.5 Å². The number of aliphatic hydroxyl groups is 1. The maximum absolute atomic E-state index is 10.4. The molecule has 0 radical (unpaired) electrons. The van der Waals surface area contributed by atoms with E-state index in [2.05, 4.69) is 27.2 Å². The lowest BCUT2D eigenvalue weighted by Gasteiger charge is -2.24. The van der Waals surface area contributed by atoms with Crippen LogP contribution in [-0.4, -0.2) is 73.9 Å². The summed E-state index contributed by atoms with van der Waals surface area (Å²) < 4.78 is 27.1. The molecule has 184 valence electrons. The summed E-state index contributed by atoms with van der Waals surface area (Å²) in [7, 11) is 4.67. The molecule has 0 bridgehead atoms. The number of aromatic nitrogens is 2. The number of ether oxygens (including phenoxy) is 4. The Balaban J connectivity index is 1.71. The number of methoxy groups -OCH3 is 3. The van der Waals surface area contributed by atoms with Gasteiger partial charge in [0.15, 0.2) is 11.5 Å². The fraction of sp³-hybridized carbons (Fsp3) is 0.440. The Morgan fingerprint density at radius 2 is 1.74 bits per heavy atom. The van der Waals surface area contributed by atoms with E-state index in [4.69, 9.17) is 23.5 Å². The second-order valence-electron chi connectivity index (χ2n) is 7.71. The van der Waals surface area contributed by atoms with E-state index in [-0.39, 0.29) is 0 Å². The molecule has 0 fully saturated rings. The highest BCUT2D eigenvalue weighted by Gasteiger charge is 2.18. The zero-order valence-electron chi connectivity index (χ0n) is 20.2. The van der Waals surface area contributed by atoms with Crippen LogP contribution in [0.1, 0.15) is 18.4 Å². The molecule has 1 heterocycles. The van der Waals surface area contributed by atoms with Crippen molar-refractivity contribution in [3.05, 3.63) is 53.9 Å². The third-order valence-corrected chi connectivity index (χ3v) is 5.27. The van der Waals surface area contributed by atoms with Gasteiger partial charge in [0.25, 0.3) is 0 Å². The smallest absolute Gasteiger partial charge is 0.228 e. The first-order valence-electron chi connectivity index (χ1n) is 11.2. The van der Waals surface area contributed by atoms with Gasteiger partial charge in [-0.3, -0.25) is 4.90 Å². The van der Waals surface area contributed by atoms with Crippen molar-refractivity contribution in [1.82, 2.24) is 15.0 Å². The van der Waals surface area contributed by atoms with Crippen LogP contribution < -0.4 is 14.2 Å². The van der Waals surface area contributed by atoms with Gasteiger partial charge >= 0.3 is 0 Å². The van der Waals surface area contributed by atoms with Crippen molar-refractivity contribution in [2.24, 2.45) is 0 Å². The summed E-state index contributed by atoms with van der Waals surface area (Å²) in [5.41, 5.74) is 1.85. The Morgan fingerprint density at radius 1 is 1.03 bits per heavy atom. The van der Waals surface area contributed by atoms with Crippen molar-refractivity contribution in [1.29, 1.82) is 0 Å². The number of hydrogen-bond donors (Lipinski definition) is 1. The van der Waals surface area contributed by atoms with Crippen molar-refractivity contribution in [2.45, 2.75) is 26.0 Å². The van der Waals surface area contributed by atoms with Crippen LogP contribution in [0.3, 0.4) is 0 Å². The molecule has 0 aliphatic carbocycles. The van der Waals surface area contributed by atoms with E-state index < -0.39 is 6.10 Å². The molecule has 3 aromatic rings. The summed E-state index contributed by atoms with van der Waals surface area (Å²) in [4.78, 5) is 6.71. The van der Waals surface area contributed by atoms with Crippen molar-refractivity contribution >= 4 is 0 Å². The van der Waals surface area contributed by atoms with Gasteiger partial charge in [-0.25, -0.2) is 0 Å². The number of rotatable bonds is 14. The SMILES string of the molecule is CCOC[C@H](O)CN(CCc1nc(-c2cc(OC)c(OC)c(OC)c2)no1)Cc1ccccc1. The molecule has 2 aromatic carbocycles. The summed E-state index contributed by atoms with van der Waals surface area (Å²) in [5.74, 6) is 2.46. The van der Waals surface area contributed by atoms with E-state index in [0.29, 0.717) is 73.8 Å². The highest BCUT2D eigenvalue weighted by molar-refractivity contribution is 5.66. The fourth-order valence-electron chi connectivity index (χ4n) is 3.62. The molecule has 0 aliphatic heterocycles. The van der Waals surface area contributed by atoms with Crippen LogP contribution >= 0.6 is 0 Å². The lowest BCUT2D eigenvalue weighted by atomic mass is 10.1.